The third-order valence-corrected chi connectivity index (χ3v) is 2.37. The second kappa shape index (κ2) is 5.68. The van der Waals surface area contributed by atoms with Crippen LogP contribution in [0.5, 0.6) is 5.75 Å². The molecule has 0 aromatic heterocycles. The number of ether oxygens (including phenoxy) is 1. The third-order valence-electron chi connectivity index (χ3n) is 2.37. The molecule has 3 N–H and O–H groups in total. The maximum absolute atomic E-state index is 11.9. The maximum Gasteiger partial charge on any atom is 0.409 e. The molecule has 96 valence electrons. The normalized spacial score (nSPS) is 9.68. The van der Waals surface area contributed by atoms with Gasteiger partial charge in [-0.1, -0.05) is 18.2 Å². The summed E-state index contributed by atoms with van der Waals surface area (Å²) in [4.78, 5) is 22.4. The molecular formula is C14H12N2O3. The van der Waals surface area contributed by atoms with Crippen molar-refractivity contribution in [1.29, 1.82) is 0 Å². The molecule has 0 aliphatic carbocycles. The zero-order chi connectivity index (χ0) is 13.7. The van der Waals surface area contributed by atoms with E-state index >= 15 is 0 Å². The van der Waals surface area contributed by atoms with E-state index in [2.05, 4.69) is 10.1 Å². The van der Waals surface area contributed by atoms with E-state index in [9.17, 15) is 9.59 Å². The predicted octanol–water partition coefficient (Wildman–Crippen LogP) is 2.40. The van der Waals surface area contributed by atoms with Gasteiger partial charge in [0.2, 0.25) is 0 Å². The summed E-state index contributed by atoms with van der Waals surface area (Å²) in [5, 5.41) is 2.73. The number of amides is 2. The molecule has 0 unspecified atom stereocenters. The molecule has 0 fully saturated rings. The van der Waals surface area contributed by atoms with Crippen molar-refractivity contribution >= 4 is 17.7 Å². The van der Waals surface area contributed by atoms with Crippen LogP contribution in [0.1, 0.15) is 10.4 Å². The fraction of sp³-hybridized carbons (Fsp3) is 0. The number of carbonyl (C=O) groups is 2. The van der Waals surface area contributed by atoms with Crippen LogP contribution in [0.3, 0.4) is 0 Å². The van der Waals surface area contributed by atoms with Crippen LogP contribution >= 0.6 is 0 Å². The van der Waals surface area contributed by atoms with Crippen LogP contribution < -0.4 is 15.8 Å². The second-order valence-electron chi connectivity index (χ2n) is 3.77. The van der Waals surface area contributed by atoms with Crippen molar-refractivity contribution in [2.24, 2.45) is 5.73 Å². The molecule has 0 radical (unpaired) electrons. The Bertz CT molecular complexity index is 579. The topological polar surface area (TPSA) is 81.4 Å². The Hall–Kier alpha value is -2.82. The van der Waals surface area contributed by atoms with Crippen LogP contribution in [0, 0.1) is 0 Å². The van der Waals surface area contributed by atoms with E-state index in [0.717, 1.165) is 0 Å². The van der Waals surface area contributed by atoms with E-state index in [1.165, 1.54) is 0 Å². The van der Waals surface area contributed by atoms with Gasteiger partial charge in [-0.15, -0.1) is 0 Å². The second-order valence-corrected chi connectivity index (χ2v) is 3.77. The SMILES string of the molecule is NC(=O)Oc1ccc(NC(=O)c2ccccc2)cc1. The van der Waals surface area contributed by atoms with E-state index in [1.54, 1.807) is 48.5 Å². The number of hydrogen-bond acceptors (Lipinski definition) is 3. The molecule has 0 aliphatic rings. The Kier molecular flexibility index (Phi) is 3.78. The van der Waals surface area contributed by atoms with Crippen LogP contribution in [-0.2, 0) is 0 Å². The van der Waals surface area contributed by atoms with Gasteiger partial charge < -0.3 is 15.8 Å². The first-order valence-corrected chi connectivity index (χ1v) is 5.59. The molecule has 0 atom stereocenters. The van der Waals surface area contributed by atoms with Crippen molar-refractivity contribution in [3.8, 4) is 5.75 Å². The minimum Gasteiger partial charge on any atom is -0.411 e. The molecule has 19 heavy (non-hydrogen) atoms. The van der Waals surface area contributed by atoms with E-state index in [1.807, 2.05) is 6.07 Å². The largest absolute Gasteiger partial charge is 0.411 e. The van der Waals surface area contributed by atoms with Crippen molar-refractivity contribution in [2.75, 3.05) is 5.32 Å². The molecule has 0 spiro atoms. The summed E-state index contributed by atoms with van der Waals surface area (Å²) in [6.07, 6.45) is -0.874. The molecule has 0 saturated carbocycles. The molecule has 5 heteroatoms. The highest BCUT2D eigenvalue weighted by atomic mass is 16.5. The molecule has 5 nitrogen and oxygen atoms in total. The zero-order valence-corrected chi connectivity index (χ0v) is 10.00. The Labute approximate surface area is 110 Å². The van der Waals surface area contributed by atoms with Gasteiger partial charge in [-0.05, 0) is 36.4 Å². The van der Waals surface area contributed by atoms with Crippen LogP contribution in [0.2, 0.25) is 0 Å². The smallest absolute Gasteiger partial charge is 0.409 e. The fourth-order valence-corrected chi connectivity index (χ4v) is 1.52. The molecule has 0 heterocycles. The summed E-state index contributed by atoms with van der Waals surface area (Å²) >= 11 is 0. The van der Waals surface area contributed by atoms with Crippen molar-refractivity contribution < 1.29 is 14.3 Å². The van der Waals surface area contributed by atoms with Gasteiger partial charge in [0.05, 0.1) is 0 Å². The first-order valence-electron chi connectivity index (χ1n) is 5.59. The standard InChI is InChI=1S/C14H12N2O3/c15-14(18)19-12-8-6-11(7-9-12)16-13(17)10-4-2-1-3-5-10/h1-9H,(H2,15,18)(H,16,17). The number of carbonyl (C=O) groups excluding carboxylic acids is 2. The average Bonchev–Trinajstić information content (AvgIpc) is 2.41. The molecule has 0 bridgehead atoms. The van der Waals surface area contributed by atoms with Gasteiger partial charge >= 0.3 is 6.09 Å². The van der Waals surface area contributed by atoms with Crippen molar-refractivity contribution in [2.45, 2.75) is 0 Å². The van der Waals surface area contributed by atoms with Gasteiger partial charge in [-0.2, -0.15) is 0 Å². The lowest BCUT2D eigenvalue weighted by Crippen LogP contribution is -2.16. The summed E-state index contributed by atoms with van der Waals surface area (Å²) in [5.41, 5.74) is 6.06. The Morgan fingerprint density at radius 3 is 2.16 bits per heavy atom. The molecule has 0 aliphatic heterocycles. The van der Waals surface area contributed by atoms with Crippen LogP contribution in [0.15, 0.2) is 54.6 Å². The molecule has 2 amide bonds. The number of anilines is 1. The highest BCUT2D eigenvalue weighted by Crippen LogP contribution is 2.16. The zero-order valence-electron chi connectivity index (χ0n) is 10.00. The Balaban J connectivity index is 2.04. The maximum atomic E-state index is 11.9. The van der Waals surface area contributed by atoms with Crippen molar-refractivity contribution in [3.63, 3.8) is 0 Å². The number of benzene rings is 2. The predicted molar refractivity (Wildman–Crippen MR) is 71.0 cm³/mol. The number of hydrogen-bond donors (Lipinski definition) is 2. The van der Waals surface area contributed by atoms with Gasteiger partial charge in [-0.3, -0.25) is 4.79 Å². The van der Waals surface area contributed by atoms with E-state index in [4.69, 9.17) is 5.73 Å². The van der Waals surface area contributed by atoms with E-state index in [-0.39, 0.29) is 5.91 Å². The third kappa shape index (κ3) is 3.57. The van der Waals surface area contributed by atoms with Gasteiger partial charge in [0, 0.05) is 11.3 Å². The monoisotopic (exact) mass is 256 g/mol. The highest BCUT2D eigenvalue weighted by Gasteiger charge is 2.05. The molecule has 0 saturated heterocycles. The minimum absolute atomic E-state index is 0.204. The Morgan fingerprint density at radius 2 is 1.58 bits per heavy atom. The lowest BCUT2D eigenvalue weighted by Gasteiger charge is -2.06. The van der Waals surface area contributed by atoms with Crippen molar-refractivity contribution in [1.82, 2.24) is 0 Å². The molecule has 2 rings (SSSR count). The van der Waals surface area contributed by atoms with E-state index in [0.29, 0.717) is 17.0 Å². The number of rotatable bonds is 3. The minimum atomic E-state index is -0.874. The summed E-state index contributed by atoms with van der Waals surface area (Å²) in [7, 11) is 0. The summed E-state index contributed by atoms with van der Waals surface area (Å²) < 4.78 is 4.68. The van der Waals surface area contributed by atoms with Crippen LogP contribution in [-0.4, -0.2) is 12.0 Å². The van der Waals surface area contributed by atoms with Gasteiger partial charge in [-0.25, -0.2) is 4.79 Å². The quantitative estimate of drug-likeness (QED) is 0.884. The fourth-order valence-electron chi connectivity index (χ4n) is 1.52. The first kappa shape index (κ1) is 12.6. The van der Waals surface area contributed by atoms with E-state index < -0.39 is 6.09 Å². The number of nitrogens with one attached hydrogen (secondary N) is 1. The van der Waals surface area contributed by atoms with Gasteiger partial charge in [0.25, 0.3) is 5.91 Å². The molecular weight excluding hydrogens is 244 g/mol. The summed E-state index contributed by atoms with van der Waals surface area (Å²) in [6.45, 7) is 0. The highest BCUT2D eigenvalue weighted by molar-refractivity contribution is 6.04. The Morgan fingerprint density at radius 1 is 0.947 bits per heavy atom. The van der Waals surface area contributed by atoms with Gasteiger partial charge in [0.15, 0.2) is 0 Å². The van der Waals surface area contributed by atoms with Crippen LogP contribution in [0.25, 0.3) is 0 Å². The lowest BCUT2D eigenvalue weighted by molar-refractivity contribution is 0.102. The summed E-state index contributed by atoms with van der Waals surface area (Å²) in [5.74, 6) is 0.120. The number of primary amides is 1. The van der Waals surface area contributed by atoms with Gasteiger partial charge in [0.1, 0.15) is 5.75 Å². The number of nitrogens with two attached hydrogens (primary N) is 1. The summed E-state index contributed by atoms with van der Waals surface area (Å²) in [6, 6.07) is 15.2. The molecule has 2 aromatic carbocycles. The molecule has 2 aromatic rings. The van der Waals surface area contributed by atoms with Crippen LogP contribution in [0.4, 0.5) is 10.5 Å². The average molecular weight is 256 g/mol. The lowest BCUT2D eigenvalue weighted by atomic mass is 10.2. The first-order chi connectivity index (χ1) is 9.15. The van der Waals surface area contributed by atoms with Crippen molar-refractivity contribution in [3.05, 3.63) is 60.2 Å².